The van der Waals surface area contributed by atoms with Crippen molar-refractivity contribution in [1.82, 2.24) is 15.2 Å². The minimum Gasteiger partial charge on any atom is -0.406 e. The topological polar surface area (TPSA) is 57.7 Å². The highest BCUT2D eigenvalue weighted by molar-refractivity contribution is 6.29. The molecule has 0 saturated carbocycles. The van der Waals surface area contributed by atoms with E-state index in [-0.39, 0.29) is 24.1 Å². The van der Waals surface area contributed by atoms with Crippen LogP contribution in [0, 0.1) is 5.82 Å². The van der Waals surface area contributed by atoms with Crippen molar-refractivity contribution in [1.29, 1.82) is 0 Å². The molecule has 40 heavy (non-hydrogen) atoms. The average molecular weight is 575 g/mol. The Morgan fingerprint density at radius 1 is 1.10 bits per heavy atom. The molecule has 3 aromatic rings. The maximum atomic E-state index is 13.3. The Balaban J connectivity index is 1.31. The first kappa shape index (κ1) is 27.9. The highest BCUT2D eigenvalue weighted by Crippen LogP contribution is 2.48. The molecule has 0 bridgehead atoms. The molecule has 2 aliphatic rings. The number of pyridine rings is 1. The number of likely N-dealkylation sites (tertiary alicyclic amines) is 1. The van der Waals surface area contributed by atoms with E-state index in [1.54, 1.807) is 35.4 Å². The smallest absolute Gasteiger partial charge is 0.406 e. The molecule has 1 N–H and O–H groups in total. The summed E-state index contributed by atoms with van der Waals surface area (Å²) in [5.41, 5.74) is 2.42. The van der Waals surface area contributed by atoms with E-state index in [1.165, 1.54) is 30.3 Å². The maximum Gasteiger partial charge on any atom is 0.573 e. The van der Waals surface area contributed by atoms with Gasteiger partial charge >= 0.3 is 12.4 Å². The molecule has 2 aromatic carbocycles. The van der Waals surface area contributed by atoms with Crippen molar-refractivity contribution in [3.63, 3.8) is 0 Å². The Bertz CT molecular complexity index is 1390. The lowest BCUT2D eigenvalue weighted by Crippen LogP contribution is -2.47. The minimum atomic E-state index is -4.82. The predicted octanol–water partition coefficient (Wildman–Crippen LogP) is 6.55. The largest absolute Gasteiger partial charge is 0.573 e. The van der Waals surface area contributed by atoms with E-state index in [9.17, 15) is 22.4 Å². The number of aromatic nitrogens is 1. The summed E-state index contributed by atoms with van der Waals surface area (Å²) in [5.74, 6) is -0.590. The summed E-state index contributed by atoms with van der Waals surface area (Å²) in [4.78, 5) is 21.1. The van der Waals surface area contributed by atoms with Gasteiger partial charge in [-0.05, 0) is 85.1 Å². The van der Waals surface area contributed by atoms with Crippen molar-refractivity contribution in [2.45, 2.75) is 31.2 Å². The monoisotopic (exact) mass is 574 g/mol. The lowest BCUT2D eigenvalue weighted by Gasteiger charge is -2.39. The summed E-state index contributed by atoms with van der Waals surface area (Å²) in [6.07, 6.45) is 1.98. The van der Waals surface area contributed by atoms with Crippen molar-refractivity contribution < 1.29 is 27.1 Å². The summed E-state index contributed by atoms with van der Waals surface area (Å²) < 4.78 is 56.3. The fourth-order valence-electron chi connectivity index (χ4n) is 5.36. The standard InChI is InChI=1S/C29H27ClF4N4O2/c30-26-16-21(9-12-35-26)18-36-27(39)38-19-28(24-17-23(7-8-25(24)38)40-29(32,33)34)10-14-37(15-11-28)13-1-2-20-3-5-22(31)6-4-20/h1-9,12,16-17H,10-11,13-15,18-19H2,(H,36,39). The third kappa shape index (κ3) is 6.56. The highest BCUT2D eigenvalue weighted by Gasteiger charge is 2.47. The molecule has 1 saturated heterocycles. The number of hydrogen-bond donors (Lipinski definition) is 1. The number of nitrogens with one attached hydrogen (secondary N) is 1. The molecule has 1 aromatic heterocycles. The molecule has 210 valence electrons. The lowest BCUT2D eigenvalue weighted by atomic mass is 9.74. The fraction of sp³-hybridized carbons (Fsp3) is 0.310. The number of carbonyl (C=O) groups is 1. The van der Waals surface area contributed by atoms with Crippen LogP contribution in [-0.2, 0) is 12.0 Å². The molecule has 1 fully saturated rings. The number of ether oxygens (including phenoxy) is 1. The third-order valence-electron chi connectivity index (χ3n) is 7.36. The van der Waals surface area contributed by atoms with Gasteiger partial charge in [-0.3, -0.25) is 9.80 Å². The Morgan fingerprint density at radius 2 is 1.85 bits per heavy atom. The number of rotatable bonds is 6. The lowest BCUT2D eigenvalue weighted by molar-refractivity contribution is -0.274. The van der Waals surface area contributed by atoms with Crippen molar-refractivity contribution in [3.8, 4) is 5.75 Å². The minimum absolute atomic E-state index is 0.226. The molecule has 6 nitrogen and oxygen atoms in total. The Morgan fingerprint density at radius 3 is 2.55 bits per heavy atom. The molecule has 2 aliphatic heterocycles. The van der Waals surface area contributed by atoms with Crippen molar-refractivity contribution in [2.75, 3.05) is 31.1 Å². The van der Waals surface area contributed by atoms with Crippen LogP contribution in [0.1, 0.15) is 29.5 Å². The molecule has 5 rings (SSSR count). The van der Waals surface area contributed by atoms with E-state index in [1.807, 2.05) is 12.2 Å². The van der Waals surface area contributed by atoms with Gasteiger partial charge in [0.2, 0.25) is 0 Å². The summed E-state index contributed by atoms with van der Waals surface area (Å²) >= 11 is 5.94. The first-order valence-electron chi connectivity index (χ1n) is 12.8. The van der Waals surface area contributed by atoms with Gasteiger partial charge in [0.05, 0.1) is 0 Å². The van der Waals surface area contributed by atoms with Gasteiger partial charge in [0.25, 0.3) is 0 Å². The summed E-state index contributed by atoms with van der Waals surface area (Å²) in [6, 6.07) is 13.5. The number of anilines is 1. The molecule has 0 unspecified atom stereocenters. The van der Waals surface area contributed by atoms with Gasteiger partial charge in [-0.2, -0.15) is 0 Å². The molecule has 2 amide bonds. The summed E-state index contributed by atoms with van der Waals surface area (Å²) in [5, 5.41) is 3.20. The van der Waals surface area contributed by atoms with E-state index in [0.717, 1.165) is 11.1 Å². The average Bonchev–Trinajstić information content (AvgIpc) is 3.22. The van der Waals surface area contributed by atoms with Crippen molar-refractivity contribution in [3.05, 3.63) is 94.5 Å². The summed E-state index contributed by atoms with van der Waals surface area (Å²) in [6.45, 7) is 2.64. The van der Waals surface area contributed by atoms with Gasteiger partial charge in [-0.25, -0.2) is 14.2 Å². The van der Waals surface area contributed by atoms with Gasteiger partial charge in [-0.15, -0.1) is 13.2 Å². The first-order valence-corrected chi connectivity index (χ1v) is 13.2. The summed E-state index contributed by atoms with van der Waals surface area (Å²) in [7, 11) is 0. The van der Waals surface area contributed by atoms with Crippen LogP contribution in [0.5, 0.6) is 5.75 Å². The zero-order valence-corrected chi connectivity index (χ0v) is 22.2. The number of halogens is 5. The Labute approximate surface area is 234 Å². The zero-order valence-electron chi connectivity index (χ0n) is 21.4. The van der Waals surface area contributed by atoms with Gasteiger partial charge in [-0.1, -0.05) is 35.9 Å². The number of fused-ring (bicyclic) bond motifs is 2. The number of hydrogen-bond acceptors (Lipinski definition) is 4. The second-order valence-electron chi connectivity index (χ2n) is 9.99. The van der Waals surface area contributed by atoms with Crippen LogP contribution in [0.4, 0.5) is 28.0 Å². The van der Waals surface area contributed by atoms with Crippen LogP contribution in [0.3, 0.4) is 0 Å². The van der Waals surface area contributed by atoms with E-state index in [0.29, 0.717) is 55.4 Å². The second kappa shape index (κ2) is 11.5. The van der Waals surface area contributed by atoms with Crippen LogP contribution >= 0.6 is 11.6 Å². The third-order valence-corrected chi connectivity index (χ3v) is 7.57. The highest BCUT2D eigenvalue weighted by atomic mass is 35.5. The molecule has 3 heterocycles. The molecular weight excluding hydrogens is 548 g/mol. The Kier molecular flexibility index (Phi) is 8.00. The van der Waals surface area contributed by atoms with Gasteiger partial charge in [0.15, 0.2) is 0 Å². The number of urea groups is 1. The van der Waals surface area contributed by atoms with Crippen LogP contribution in [0.2, 0.25) is 5.15 Å². The quantitative estimate of drug-likeness (QED) is 0.268. The molecule has 0 aliphatic carbocycles. The molecular formula is C29H27ClF4N4O2. The molecule has 0 radical (unpaired) electrons. The Hall–Kier alpha value is -3.63. The van der Waals surface area contributed by atoms with E-state index in [2.05, 4.69) is 19.9 Å². The van der Waals surface area contributed by atoms with E-state index < -0.39 is 11.8 Å². The van der Waals surface area contributed by atoms with Gasteiger partial charge < -0.3 is 10.1 Å². The maximum absolute atomic E-state index is 13.3. The van der Waals surface area contributed by atoms with Crippen LogP contribution < -0.4 is 15.0 Å². The normalized spacial score (nSPS) is 16.9. The number of benzene rings is 2. The number of amides is 2. The second-order valence-corrected chi connectivity index (χ2v) is 10.4. The zero-order chi connectivity index (χ0) is 28.3. The van der Waals surface area contributed by atoms with Gasteiger partial charge in [0, 0.05) is 36.9 Å². The SMILES string of the molecule is O=C(NCc1ccnc(Cl)c1)N1CC2(CCN(CC=Cc3ccc(F)cc3)CC2)c2cc(OC(F)(F)F)ccc21. The van der Waals surface area contributed by atoms with Crippen LogP contribution in [0.25, 0.3) is 6.08 Å². The van der Waals surface area contributed by atoms with Crippen LogP contribution in [-0.4, -0.2) is 48.5 Å². The van der Waals surface area contributed by atoms with E-state index in [4.69, 9.17) is 11.6 Å². The number of piperidine rings is 1. The van der Waals surface area contributed by atoms with E-state index >= 15 is 0 Å². The predicted molar refractivity (Wildman–Crippen MR) is 145 cm³/mol. The van der Waals surface area contributed by atoms with Crippen molar-refractivity contribution >= 4 is 29.4 Å². The molecule has 0 atom stereocenters. The van der Waals surface area contributed by atoms with Crippen molar-refractivity contribution in [2.24, 2.45) is 0 Å². The fourth-order valence-corrected chi connectivity index (χ4v) is 5.55. The molecule has 11 heteroatoms. The first-order chi connectivity index (χ1) is 19.1. The van der Waals surface area contributed by atoms with Gasteiger partial charge in [0.1, 0.15) is 16.7 Å². The number of carbonyl (C=O) groups excluding carboxylic acids is 1. The van der Waals surface area contributed by atoms with Crippen LogP contribution in [0.15, 0.2) is 66.9 Å². The number of nitrogens with zero attached hydrogens (tertiary/aromatic N) is 3. The molecule has 1 spiro atoms. The number of alkyl halides is 3.